The van der Waals surface area contributed by atoms with Crippen molar-refractivity contribution in [3.63, 3.8) is 0 Å². The maximum atomic E-state index is 12.0. The number of nitrogens with zero attached hydrogens (tertiary/aromatic N) is 2. The minimum Gasteiger partial charge on any atom is -0.459 e. The molecule has 0 aliphatic heterocycles. The number of imidazole rings is 1. The summed E-state index contributed by atoms with van der Waals surface area (Å²) in [5, 5.41) is 4.00. The number of nitrogens with one attached hydrogen (secondary N) is 1. The molecule has 108 valence electrons. The number of furan rings is 1. The summed E-state index contributed by atoms with van der Waals surface area (Å²) in [5.74, 6) is 0.767. The van der Waals surface area contributed by atoms with Gasteiger partial charge in [0.25, 0.3) is 0 Å². The maximum Gasteiger partial charge on any atom is 0.222 e. The Bertz CT molecular complexity index is 698. The van der Waals surface area contributed by atoms with Crippen molar-refractivity contribution in [2.75, 3.05) is 0 Å². The number of aryl methyl sites for hydroxylation is 1. The highest BCUT2D eigenvalue weighted by molar-refractivity contribution is 5.79. The molecule has 0 bridgehead atoms. The summed E-state index contributed by atoms with van der Waals surface area (Å²) in [5.41, 5.74) is 0.840. The number of carbonyl (C=O) groups excluding carboxylic acids is 1. The van der Waals surface area contributed by atoms with E-state index in [1.807, 2.05) is 48.0 Å². The Balaban J connectivity index is 1.60. The first kappa shape index (κ1) is 13.4. The van der Waals surface area contributed by atoms with Crippen LogP contribution in [0.3, 0.4) is 0 Å². The Morgan fingerprint density at radius 2 is 2.29 bits per heavy atom. The highest BCUT2D eigenvalue weighted by Gasteiger charge is 2.13. The van der Waals surface area contributed by atoms with Gasteiger partial charge in [0, 0.05) is 30.7 Å². The lowest BCUT2D eigenvalue weighted by molar-refractivity contribution is -0.122. The van der Waals surface area contributed by atoms with Crippen LogP contribution in [0.4, 0.5) is 0 Å². The molecule has 0 saturated heterocycles. The van der Waals surface area contributed by atoms with E-state index in [0.29, 0.717) is 13.0 Å². The number of amides is 1. The van der Waals surface area contributed by atoms with Crippen LogP contribution in [-0.2, 0) is 11.3 Å². The van der Waals surface area contributed by atoms with Crippen molar-refractivity contribution in [1.82, 2.24) is 14.9 Å². The third-order valence-electron chi connectivity index (χ3n) is 3.41. The fourth-order valence-corrected chi connectivity index (χ4v) is 2.25. The molecular weight excluding hydrogens is 266 g/mol. The number of aromatic nitrogens is 2. The van der Waals surface area contributed by atoms with E-state index in [4.69, 9.17) is 4.42 Å². The monoisotopic (exact) mass is 283 g/mol. The molecule has 5 heteroatoms. The average Bonchev–Trinajstić information content (AvgIpc) is 3.14. The fourth-order valence-electron chi connectivity index (χ4n) is 2.25. The molecule has 0 spiro atoms. The second-order valence-electron chi connectivity index (χ2n) is 5.03. The minimum absolute atomic E-state index is 0.00310. The molecule has 0 saturated carbocycles. The lowest BCUT2D eigenvalue weighted by Gasteiger charge is -2.11. The first-order chi connectivity index (χ1) is 10.2. The molecule has 0 aliphatic rings. The first-order valence-electron chi connectivity index (χ1n) is 6.96. The largest absolute Gasteiger partial charge is 0.459 e. The Morgan fingerprint density at radius 3 is 3.05 bits per heavy atom. The van der Waals surface area contributed by atoms with Gasteiger partial charge >= 0.3 is 0 Å². The summed E-state index contributed by atoms with van der Waals surface area (Å²) in [6, 6.07) is 9.64. The second-order valence-corrected chi connectivity index (χ2v) is 5.03. The highest BCUT2D eigenvalue weighted by atomic mass is 16.3. The van der Waals surface area contributed by atoms with Crippen LogP contribution in [-0.4, -0.2) is 15.5 Å². The number of hydrogen-bond donors (Lipinski definition) is 1. The molecule has 3 rings (SSSR count). The molecule has 1 unspecified atom stereocenters. The number of fused-ring (bicyclic) bond motifs is 1. The quantitative estimate of drug-likeness (QED) is 0.783. The predicted octanol–water partition coefficient (Wildman–Crippen LogP) is 2.90. The number of rotatable bonds is 5. The van der Waals surface area contributed by atoms with Gasteiger partial charge in [-0.05, 0) is 19.1 Å². The van der Waals surface area contributed by atoms with E-state index in [1.165, 1.54) is 0 Å². The summed E-state index contributed by atoms with van der Waals surface area (Å²) in [4.78, 5) is 15.9. The fraction of sp³-hybridized carbons (Fsp3) is 0.250. The summed E-state index contributed by atoms with van der Waals surface area (Å²) in [7, 11) is 0. The Labute approximate surface area is 122 Å². The van der Waals surface area contributed by atoms with Gasteiger partial charge in [0.1, 0.15) is 11.3 Å². The van der Waals surface area contributed by atoms with Gasteiger partial charge in [-0.15, -0.1) is 0 Å². The molecule has 1 aromatic carbocycles. The van der Waals surface area contributed by atoms with Crippen LogP contribution in [0.5, 0.6) is 0 Å². The van der Waals surface area contributed by atoms with E-state index in [2.05, 4.69) is 10.3 Å². The van der Waals surface area contributed by atoms with Crippen LogP contribution in [0.2, 0.25) is 0 Å². The van der Waals surface area contributed by atoms with E-state index in [9.17, 15) is 4.79 Å². The van der Waals surface area contributed by atoms with E-state index in [-0.39, 0.29) is 11.9 Å². The van der Waals surface area contributed by atoms with E-state index in [0.717, 1.165) is 16.7 Å². The molecular formula is C16H17N3O2. The van der Waals surface area contributed by atoms with Crippen LogP contribution in [0, 0.1) is 0 Å². The van der Waals surface area contributed by atoms with Crippen molar-refractivity contribution in [1.29, 1.82) is 0 Å². The van der Waals surface area contributed by atoms with Crippen molar-refractivity contribution >= 4 is 16.9 Å². The van der Waals surface area contributed by atoms with Crippen LogP contribution in [0.1, 0.15) is 25.1 Å². The first-order valence-corrected chi connectivity index (χ1v) is 6.96. The minimum atomic E-state index is -0.146. The van der Waals surface area contributed by atoms with Gasteiger partial charge in [-0.2, -0.15) is 0 Å². The lowest BCUT2D eigenvalue weighted by Crippen LogP contribution is -2.27. The number of carbonyl (C=O) groups is 1. The van der Waals surface area contributed by atoms with E-state index in [1.54, 1.807) is 12.5 Å². The third-order valence-corrected chi connectivity index (χ3v) is 3.41. The van der Waals surface area contributed by atoms with Crippen LogP contribution >= 0.6 is 0 Å². The molecule has 0 fully saturated rings. The van der Waals surface area contributed by atoms with Crippen molar-refractivity contribution in [3.8, 4) is 0 Å². The molecule has 0 aliphatic carbocycles. The number of para-hydroxylation sites is 1. The maximum absolute atomic E-state index is 12.0. The van der Waals surface area contributed by atoms with Gasteiger partial charge in [0.2, 0.25) is 5.91 Å². The van der Waals surface area contributed by atoms with Crippen molar-refractivity contribution in [2.24, 2.45) is 0 Å². The topological polar surface area (TPSA) is 60.1 Å². The summed E-state index contributed by atoms with van der Waals surface area (Å²) < 4.78 is 7.63. The van der Waals surface area contributed by atoms with Crippen molar-refractivity contribution in [3.05, 3.63) is 54.8 Å². The van der Waals surface area contributed by atoms with Gasteiger partial charge in [0.15, 0.2) is 0 Å². The average molecular weight is 283 g/mol. The van der Waals surface area contributed by atoms with Crippen LogP contribution in [0.15, 0.2) is 53.5 Å². The van der Waals surface area contributed by atoms with Gasteiger partial charge in [0.05, 0.1) is 12.4 Å². The molecule has 0 radical (unpaired) electrons. The Kier molecular flexibility index (Phi) is 3.73. The zero-order valence-electron chi connectivity index (χ0n) is 11.8. The van der Waals surface area contributed by atoms with E-state index >= 15 is 0 Å². The van der Waals surface area contributed by atoms with Crippen molar-refractivity contribution in [2.45, 2.75) is 25.9 Å². The molecule has 1 amide bonds. The van der Waals surface area contributed by atoms with Gasteiger partial charge in [-0.1, -0.05) is 18.2 Å². The molecule has 1 atom stereocenters. The molecule has 5 nitrogen and oxygen atoms in total. The van der Waals surface area contributed by atoms with Gasteiger partial charge < -0.3 is 14.3 Å². The zero-order valence-corrected chi connectivity index (χ0v) is 11.8. The second kappa shape index (κ2) is 5.83. The van der Waals surface area contributed by atoms with Crippen molar-refractivity contribution < 1.29 is 9.21 Å². The summed E-state index contributed by atoms with van der Waals surface area (Å²) in [6.07, 6.45) is 5.67. The Morgan fingerprint density at radius 1 is 1.43 bits per heavy atom. The molecule has 2 aromatic heterocycles. The van der Waals surface area contributed by atoms with Crippen LogP contribution < -0.4 is 5.32 Å². The smallest absolute Gasteiger partial charge is 0.222 e. The predicted molar refractivity (Wildman–Crippen MR) is 79.6 cm³/mol. The van der Waals surface area contributed by atoms with Crippen LogP contribution in [0.25, 0.3) is 11.0 Å². The molecule has 1 N–H and O–H groups in total. The molecule has 21 heavy (non-hydrogen) atoms. The highest BCUT2D eigenvalue weighted by Crippen LogP contribution is 2.23. The summed E-state index contributed by atoms with van der Waals surface area (Å²) in [6.45, 7) is 2.55. The Hall–Kier alpha value is -2.56. The third kappa shape index (κ3) is 3.13. The normalized spacial score (nSPS) is 12.4. The van der Waals surface area contributed by atoms with E-state index < -0.39 is 0 Å². The lowest BCUT2D eigenvalue weighted by atomic mass is 10.2. The van der Waals surface area contributed by atoms with Gasteiger partial charge in [-0.25, -0.2) is 4.98 Å². The number of hydrogen-bond acceptors (Lipinski definition) is 3. The standard InChI is InChI=1S/C16H17N3O2/c1-12(15-10-13-4-2-3-5-14(13)21-15)18-16(20)6-8-19-9-7-17-11-19/h2-5,7,9-12H,6,8H2,1H3,(H,18,20). The zero-order chi connectivity index (χ0) is 14.7. The molecule has 2 heterocycles. The number of benzene rings is 1. The molecule has 3 aromatic rings. The van der Waals surface area contributed by atoms with Gasteiger partial charge in [-0.3, -0.25) is 4.79 Å². The SMILES string of the molecule is CC(NC(=O)CCn1ccnc1)c1cc2ccccc2o1. The summed E-state index contributed by atoms with van der Waals surface area (Å²) >= 11 is 0.